The summed E-state index contributed by atoms with van der Waals surface area (Å²) in [6, 6.07) is 6.24. The molecule has 2 N–H and O–H groups in total. The fourth-order valence-corrected chi connectivity index (χ4v) is 2.04. The molecule has 0 atom stereocenters. The molecule has 106 valence electrons. The summed E-state index contributed by atoms with van der Waals surface area (Å²) in [6.07, 6.45) is 0.662. The topological polar surface area (TPSA) is 93.4 Å². The van der Waals surface area contributed by atoms with Crippen molar-refractivity contribution in [3.8, 4) is 6.07 Å². The molecule has 2 amide bonds. The van der Waals surface area contributed by atoms with Crippen LogP contribution in [0.3, 0.4) is 0 Å². The van der Waals surface area contributed by atoms with Crippen molar-refractivity contribution in [1.82, 2.24) is 4.90 Å². The van der Waals surface area contributed by atoms with E-state index in [4.69, 9.17) is 10.4 Å². The molecule has 1 aromatic rings. The Labute approximate surface area is 125 Å². The summed E-state index contributed by atoms with van der Waals surface area (Å²) in [5.74, 6) is -1.06. The number of carbonyl (C=O) groups is 2. The van der Waals surface area contributed by atoms with Gasteiger partial charge in [0.1, 0.15) is 6.54 Å². The zero-order chi connectivity index (χ0) is 15.1. The van der Waals surface area contributed by atoms with Crippen molar-refractivity contribution >= 4 is 33.6 Å². The molecule has 0 aliphatic heterocycles. The molecule has 0 saturated carbocycles. The van der Waals surface area contributed by atoms with Crippen LogP contribution in [0.2, 0.25) is 0 Å². The third kappa shape index (κ3) is 4.55. The second-order valence-corrected chi connectivity index (χ2v) is 4.91. The molecule has 0 spiro atoms. The summed E-state index contributed by atoms with van der Waals surface area (Å²) in [5.41, 5.74) is 0.950. The van der Waals surface area contributed by atoms with Gasteiger partial charge in [0.2, 0.25) is 0 Å². The highest BCUT2D eigenvalue weighted by Crippen LogP contribution is 2.23. The first-order valence-electron chi connectivity index (χ1n) is 5.95. The number of carboxylic acid groups (broad SMARTS) is 1. The van der Waals surface area contributed by atoms with Crippen LogP contribution >= 0.6 is 15.9 Å². The van der Waals surface area contributed by atoms with E-state index in [2.05, 4.69) is 21.2 Å². The monoisotopic (exact) mass is 339 g/mol. The van der Waals surface area contributed by atoms with Crippen molar-refractivity contribution in [1.29, 1.82) is 5.26 Å². The van der Waals surface area contributed by atoms with Gasteiger partial charge in [-0.25, -0.2) is 4.79 Å². The smallest absolute Gasteiger partial charge is 0.323 e. The minimum Gasteiger partial charge on any atom is -0.480 e. The Morgan fingerprint density at radius 2 is 2.20 bits per heavy atom. The third-order valence-corrected chi connectivity index (χ3v) is 3.10. The lowest BCUT2D eigenvalue weighted by atomic mass is 10.2. The number of aliphatic carboxylic acids is 1. The first-order valence-corrected chi connectivity index (χ1v) is 6.74. The quantitative estimate of drug-likeness (QED) is 0.862. The number of halogens is 1. The molecule has 1 aromatic carbocycles. The molecule has 0 bridgehead atoms. The van der Waals surface area contributed by atoms with Crippen molar-refractivity contribution in [2.45, 2.75) is 13.3 Å². The predicted molar refractivity (Wildman–Crippen MR) is 77.4 cm³/mol. The van der Waals surface area contributed by atoms with Gasteiger partial charge in [0.05, 0.1) is 17.3 Å². The molecule has 6 nitrogen and oxygen atoms in total. The van der Waals surface area contributed by atoms with Crippen molar-refractivity contribution < 1.29 is 14.7 Å². The number of rotatable bonds is 5. The predicted octanol–water partition coefficient (Wildman–Crippen LogP) is 2.65. The van der Waals surface area contributed by atoms with Crippen molar-refractivity contribution in [2.24, 2.45) is 0 Å². The molecule has 0 radical (unpaired) electrons. The molecule has 0 aliphatic carbocycles. The Hall–Kier alpha value is -2.07. The lowest BCUT2D eigenvalue weighted by Crippen LogP contribution is -2.39. The molecular formula is C13H14BrN3O3. The number of nitrogens with zero attached hydrogens (tertiary/aromatic N) is 2. The number of amides is 2. The third-order valence-electron chi connectivity index (χ3n) is 2.45. The van der Waals surface area contributed by atoms with E-state index in [0.29, 0.717) is 28.7 Å². The summed E-state index contributed by atoms with van der Waals surface area (Å²) in [4.78, 5) is 24.0. The Bertz CT molecular complexity index is 554. The number of carboxylic acids is 1. The van der Waals surface area contributed by atoms with Crippen molar-refractivity contribution in [3.63, 3.8) is 0 Å². The standard InChI is InChI=1S/C13H14BrN3O3/c1-2-5-17(8-12(18)19)13(20)16-11-4-3-9(7-15)6-10(11)14/h3-4,6H,2,5,8H2,1H3,(H,16,20)(H,18,19). The van der Waals surface area contributed by atoms with Crippen LogP contribution in [0.1, 0.15) is 18.9 Å². The lowest BCUT2D eigenvalue weighted by Gasteiger charge is -2.20. The van der Waals surface area contributed by atoms with E-state index in [0.717, 1.165) is 0 Å². The van der Waals surface area contributed by atoms with Crippen LogP contribution in [0.25, 0.3) is 0 Å². The van der Waals surface area contributed by atoms with Crippen LogP contribution in [0.15, 0.2) is 22.7 Å². The van der Waals surface area contributed by atoms with Gasteiger partial charge in [-0.05, 0) is 40.5 Å². The Morgan fingerprint density at radius 1 is 1.50 bits per heavy atom. The minimum atomic E-state index is -1.06. The fraction of sp³-hybridized carbons (Fsp3) is 0.308. The molecule has 0 heterocycles. The number of benzene rings is 1. The molecule has 0 fully saturated rings. The number of anilines is 1. The van der Waals surface area contributed by atoms with Gasteiger partial charge in [-0.2, -0.15) is 5.26 Å². The lowest BCUT2D eigenvalue weighted by molar-refractivity contribution is -0.137. The van der Waals surface area contributed by atoms with E-state index in [1.54, 1.807) is 18.2 Å². The van der Waals surface area contributed by atoms with Crippen LogP contribution in [-0.2, 0) is 4.79 Å². The van der Waals surface area contributed by atoms with E-state index in [9.17, 15) is 9.59 Å². The van der Waals surface area contributed by atoms with Crippen LogP contribution in [0, 0.1) is 11.3 Å². The highest BCUT2D eigenvalue weighted by Gasteiger charge is 2.16. The molecular weight excluding hydrogens is 326 g/mol. The molecule has 7 heteroatoms. The zero-order valence-corrected chi connectivity index (χ0v) is 12.5. The minimum absolute atomic E-state index is 0.353. The van der Waals surface area contributed by atoms with E-state index in [1.807, 2.05) is 13.0 Å². The maximum atomic E-state index is 12.0. The highest BCUT2D eigenvalue weighted by atomic mass is 79.9. The summed E-state index contributed by atoms with van der Waals surface area (Å²) in [5, 5.41) is 20.2. The number of hydrogen-bond acceptors (Lipinski definition) is 3. The van der Waals surface area contributed by atoms with Gasteiger partial charge >= 0.3 is 12.0 Å². The van der Waals surface area contributed by atoms with Gasteiger partial charge in [-0.15, -0.1) is 0 Å². The van der Waals surface area contributed by atoms with Gasteiger partial charge < -0.3 is 15.3 Å². The highest BCUT2D eigenvalue weighted by molar-refractivity contribution is 9.10. The van der Waals surface area contributed by atoms with Gasteiger partial charge in [-0.3, -0.25) is 4.79 Å². The number of hydrogen-bond donors (Lipinski definition) is 2. The molecule has 20 heavy (non-hydrogen) atoms. The largest absolute Gasteiger partial charge is 0.480 e. The van der Waals surface area contributed by atoms with E-state index in [1.165, 1.54) is 4.90 Å². The summed E-state index contributed by atoms with van der Waals surface area (Å²) >= 11 is 3.25. The fourth-order valence-electron chi connectivity index (χ4n) is 1.57. The molecule has 0 aromatic heterocycles. The van der Waals surface area contributed by atoms with Crippen molar-refractivity contribution in [2.75, 3.05) is 18.4 Å². The number of nitriles is 1. The average molecular weight is 340 g/mol. The Kier molecular flexibility index (Phi) is 6.00. The summed E-state index contributed by atoms with van der Waals surface area (Å²) in [7, 11) is 0. The Balaban J connectivity index is 2.82. The van der Waals surface area contributed by atoms with E-state index >= 15 is 0 Å². The number of carbonyl (C=O) groups excluding carboxylic acids is 1. The second kappa shape index (κ2) is 7.50. The van der Waals surface area contributed by atoms with Crippen LogP contribution < -0.4 is 5.32 Å². The average Bonchev–Trinajstić information content (AvgIpc) is 2.40. The number of nitrogens with one attached hydrogen (secondary N) is 1. The zero-order valence-electron chi connectivity index (χ0n) is 10.9. The maximum Gasteiger partial charge on any atom is 0.323 e. The number of urea groups is 1. The van der Waals surface area contributed by atoms with Gasteiger partial charge in [-0.1, -0.05) is 6.92 Å². The first kappa shape index (κ1) is 16.0. The van der Waals surface area contributed by atoms with Gasteiger partial charge in [0, 0.05) is 11.0 Å². The molecule has 0 aliphatic rings. The van der Waals surface area contributed by atoms with Crippen molar-refractivity contribution in [3.05, 3.63) is 28.2 Å². The molecule has 0 saturated heterocycles. The van der Waals surface area contributed by atoms with Crippen LogP contribution in [0.4, 0.5) is 10.5 Å². The van der Waals surface area contributed by atoms with Crippen LogP contribution in [0.5, 0.6) is 0 Å². The maximum absolute atomic E-state index is 12.0. The molecule has 1 rings (SSSR count). The summed E-state index contributed by atoms with van der Waals surface area (Å²) < 4.78 is 0.566. The molecule has 0 unspecified atom stereocenters. The normalized spacial score (nSPS) is 9.65. The SMILES string of the molecule is CCCN(CC(=O)O)C(=O)Nc1ccc(C#N)cc1Br. The van der Waals surface area contributed by atoms with Gasteiger partial charge in [0.15, 0.2) is 0 Å². The second-order valence-electron chi connectivity index (χ2n) is 4.05. The van der Waals surface area contributed by atoms with Crippen LogP contribution in [-0.4, -0.2) is 35.1 Å². The van der Waals surface area contributed by atoms with E-state index < -0.39 is 12.0 Å². The van der Waals surface area contributed by atoms with E-state index in [-0.39, 0.29) is 6.54 Å². The first-order chi connectivity index (χ1) is 9.47. The summed E-state index contributed by atoms with van der Waals surface area (Å²) in [6.45, 7) is 1.86. The van der Waals surface area contributed by atoms with Gasteiger partial charge in [0.25, 0.3) is 0 Å². The Morgan fingerprint density at radius 3 is 2.70 bits per heavy atom.